The molecule has 0 spiro atoms. The third kappa shape index (κ3) is 4.00. The van der Waals surface area contributed by atoms with Gasteiger partial charge in [-0.2, -0.15) is 13.2 Å². The lowest BCUT2D eigenvalue weighted by atomic mass is 9.86. The molecule has 8 heteroatoms. The van der Waals surface area contributed by atoms with Gasteiger partial charge in [-0.3, -0.25) is 4.79 Å². The summed E-state index contributed by atoms with van der Waals surface area (Å²) in [5.74, 6) is -1.49. The molecule has 28 heavy (non-hydrogen) atoms. The maximum atomic E-state index is 12.9. The van der Waals surface area contributed by atoms with Crippen LogP contribution in [-0.2, 0) is 11.0 Å². The van der Waals surface area contributed by atoms with E-state index in [4.69, 9.17) is 0 Å². The van der Waals surface area contributed by atoms with Crippen LogP contribution in [0.1, 0.15) is 22.7 Å². The van der Waals surface area contributed by atoms with Crippen LogP contribution in [0.4, 0.5) is 23.7 Å². The standard InChI is InChI=1S/C20H18F3N3O2/c1-11-6-3-4-9-15(11)17-16(12(2)24-19(28)26-17)18(27)25-14-8-5-7-13(10-14)20(21,22)23/h3-10,16-17H,2H2,1H3,(H,25,27)(H2,24,26,28)/t16-,17+/m1/s1. The van der Waals surface area contributed by atoms with Crippen molar-refractivity contribution in [3.63, 3.8) is 0 Å². The Labute approximate surface area is 159 Å². The Balaban J connectivity index is 1.91. The zero-order chi connectivity index (χ0) is 20.5. The van der Waals surface area contributed by atoms with Crippen molar-refractivity contribution in [3.05, 3.63) is 77.5 Å². The zero-order valence-corrected chi connectivity index (χ0v) is 14.9. The van der Waals surface area contributed by atoms with Crippen LogP contribution >= 0.6 is 0 Å². The van der Waals surface area contributed by atoms with E-state index >= 15 is 0 Å². The molecule has 2 aromatic carbocycles. The summed E-state index contributed by atoms with van der Waals surface area (Å²) >= 11 is 0. The molecule has 0 aromatic heterocycles. The Kier molecular flexibility index (Phi) is 5.13. The second-order valence-electron chi connectivity index (χ2n) is 6.50. The Morgan fingerprint density at radius 3 is 2.54 bits per heavy atom. The van der Waals surface area contributed by atoms with Gasteiger partial charge in [-0.15, -0.1) is 0 Å². The number of anilines is 1. The highest BCUT2D eigenvalue weighted by Crippen LogP contribution is 2.33. The average molecular weight is 389 g/mol. The topological polar surface area (TPSA) is 70.2 Å². The first-order valence-electron chi connectivity index (χ1n) is 8.47. The number of carbonyl (C=O) groups excluding carboxylic acids is 2. The van der Waals surface area contributed by atoms with Crippen molar-refractivity contribution in [3.8, 4) is 0 Å². The van der Waals surface area contributed by atoms with E-state index in [9.17, 15) is 22.8 Å². The minimum absolute atomic E-state index is 0.00746. The molecule has 1 fully saturated rings. The maximum Gasteiger partial charge on any atom is 0.416 e. The number of hydrogen-bond donors (Lipinski definition) is 3. The summed E-state index contributed by atoms with van der Waals surface area (Å²) < 4.78 is 38.7. The van der Waals surface area contributed by atoms with Gasteiger partial charge in [0.1, 0.15) is 5.92 Å². The van der Waals surface area contributed by atoms with E-state index in [0.717, 1.165) is 23.3 Å². The summed E-state index contributed by atoms with van der Waals surface area (Å²) in [6.45, 7) is 5.60. The molecule has 1 aliphatic heterocycles. The third-order valence-corrected chi connectivity index (χ3v) is 4.53. The van der Waals surface area contributed by atoms with Gasteiger partial charge in [0, 0.05) is 11.4 Å². The van der Waals surface area contributed by atoms with Crippen LogP contribution in [0.3, 0.4) is 0 Å². The highest BCUT2D eigenvalue weighted by molar-refractivity contribution is 5.97. The van der Waals surface area contributed by atoms with Crippen molar-refractivity contribution in [2.45, 2.75) is 19.1 Å². The monoisotopic (exact) mass is 389 g/mol. The number of hydrogen-bond acceptors (Lipinski definition) is 2. The average Bonchev–Trinajstić information content (AvgIpc) is 2.60. The van der Waals surface area contributed by atoms with E-state index < -0.39 is 35.6 Å². The lowest BCUT2D eigenvalue weighted by molar-refractivity contribution is -0.137. The van der Waals surface area contributed by atoms with Gasteiger partial charge >= 0.3 is 12.2 Å². The number of halogens is 3. The Morgan fingerprint density at radius 1 is 1.14 bits per heavy atom. The van der Waals surface area contributed by atoms with Crippen LogP contribution in [0.25, 0.3) is 0 Å². The number of carbonyl (C=O) groups is 2. The number of rotatable bonds is 3. The van der Waals surface area contributed by atoms with E-state index in [1.807, 2.05) is 19.1 Å². The Morgan fingerprint density at radius 2 is 1.86 bits per heavy atom. The zero-order valence-electron chi connectivity index (χ0n) is 14.9. The molecule has 2 aromatic rings. The van der Waals surface area contributed by atoms with Gasteiger partial charge in [0.25, 0.3) is 0 Å². The third-order valence-electron chi connectivity index (χ3n) is 4.53. The molecular weight excluding hydrogens is 371 g/mol. The first-order chi connectivity index (χ1) is 13.2. The normalized spacial score (nSPS) is 19.6. The summed E-state index contributed by atoms with van der Waals surface area (Å²) in [6, 6.07) is 10.4. The number of amides is 3. The number of nitrogens with one attached hydrogen (secondary N) is 3. The van der Waals surface area contributed by atoms with Crippen molar-refractivity contribution < 1.29 is 22.8 Å². The molecule has 0 saturated carbocycles. The lowest BCUT2D eigenvalue weighted by Gasteiger charge is -2.34. The molecule has 0 radical (unpaired) electrons. The second kappa shape index (κ2) is 7.38. The van der Waals surface area contributed by atoms with Gasteiger partial charge in [0.05, 0.1) is 11.6 Å². The quantitative estimate of drug-likeness (QED) is 0.739. The Bertz CT molecular complexity index is 940. The number of aryl methyl sites for hydroxylation is 1. The van der Waals surface area contributed by atoms with Gasteiger partial charge < -0.3 is 16.0 Å². The highest BCUT2D eigenvalue weighted by Gasteiger charge is 2.38. The van der Waals surface area contributed by atoms with Crippen molar-refractivity contribution in [1.29, 1.82) is 0 Å². The fourth-order valence-corrected chi connectivity index (χ4v) is 3.18. The second-order valence-corrected chi connectivity index (χ2v) is 6.50. The predicted octanol–water partition coefficient (Wildman–Crippen LogP) is 4.14. The van der Waals surface area contributed by atoms with Crippen LogP contribution in [0.2, 0.25) is 0 Å². The van der Waals surface area contributed by atoms with Crippen LogP contribution in [0, 0.1) is 12.8 Å². The minimum Gasteiger partial charge on any atom is -0.330 e. The molecule has 5 nitrogen and oxygen atoms in total. The molecule has 3 N–H and O–H groups in total. The summed E-state index contributed by atoms with van der Waals surface area (Å²) in [4.78, 5) is 24.8. The summed E-state index contributed by atoms with van der Waals surface area (Å²) in [5.41, 5.74) is 0.895. The maximum absolute atomic E-state index is 12.9. The Hall–Kier alpha value is -3.29. The molecule has 3 amide bonds. The summed E-state index contributed by atoms with van der Waals surface area (Å²) in [6.07, 6.45) is -4.52. The molecule has 1 saturated heterocycles. The van der Waals surface area contributed by atoms with Crippen molar-refractivity contribution in [1.82, 2.24) is 10.6 Å². The minimum atomic E-state index is -4.52. The van der Waals surface area contributed by atoms with Gasteiger partial charge in [0.2, 0.25) is 5.91 Å². The molecule has 0 aliphatic carbocycles. The van der Waals surface area contributed by atoms with E-state index in [0.29, 0.717) is 0 Å². The van der Waals surface area contributed by atoms with Gasteiger partial charge in [-0.1, -0.05) is 36.9 Å². The molecule has 3 rings (SSSR count). The lowest BCUT2D eigenvalue weighted by Crippen LogP contribution is -2.52. The predicted molar refractivity (Wildman–Crippen MR) is 98.3 cm³/mol. The fraction of sp³-hybridized carbons (Fsp3) is 0.200. The highest BCUT2D eigenvalue weighted by atomic mass is 19.4. The van der Waals surface area contributed by atoms with Crippen LogP contribution in [0.15, 0.2) is 60.8 Å². The molecule has 1 aliphatic rings. The molecular formula is C20H18F3N3O2. The number of urea groups is 1. The summed E-state index contributed by atoms with van der Waals surface area (Å²) in [5, 5.41) is 7.67. The number of alkyl halides is 3. The molecule has 146 valence electrons. The van der Waals surface area contributed by atoms with Crippen LogP contribution in [-0.4, -0.2) is 11.9 Å². The van der Waals surface area contributed by atoms with Gasteiger partial charge in [-0.05, 0) is 36.2 Å². The molecule has 0 bridgehead atoms. The molecule has 2 atom stereocenters. The largest absolute Gasteiger partial charge is 0.416 e. The van der Waals surface area contributed by atoms with E-state index in [-0.39, 0.29) is 11.4 Å². The summed E-state index contributed by atoms with van der Waals surface area (Å²) in [7, 11) is 0. The molecule has 0 unspecified atom stereocenters. The fourth-order valence-electron chi connectivity index (χ4n) is 3.18. The molecule has 1 heterocycles. The van der Waals surface area contributed by atoms with E-state index in [1.54, 1.807) is 12.1 Å². The SMILES string of the molecule is C=C1NC(=O)N[C@@H](c2ccccc2C)[C@@H]1C(=O)Nc1cccc(C(F)(F)F)c1. The van der Waals surface area contributed by atoms with Crippen molar-refractivity contribution >= 4 is 17.6 Å². The first kappa shape index (κ1) is 19.5. The van der Waals surface area contributed by atoms with Crippen LogP contribution in [0.5, 0.6) is 0 Å². The first-order valence-corrected chi connectivity index (χ1v) is 8.47. The smallest absolute Gasteiger partial charge is 0.330 e. The van der Waals surface area contributed by atoms with Crippen molar-refractivity contribution in [2.24, 2.45) is 5.92 Å². The van der Waals surface area contributed by atoms with Gasteiger partial charge in [-0.25, -0.2) is 4.79 Å². The van der Waals surface area contributed by atoms with Gasteiger partial charge in [0.15, 0.2) is 0 Å². The van der Waals surface area contributed by atoms with Crippen LogP contribution < -0.4 is 16.0 Å². The van der Waals surface area contributed by atoms with Crippen molar-refractivity contribution in [2.75, 3.05) is 5.32 Å². The van der Waals surface area contributed by atoms with E-state index in [2.05, 4.69) is 22.5 Å². The number of benzene rings is 2. The van der Waals surface area contributed by atoms with E-state index in [1.165, 1.54) is 12.1 Å².